The Morgan fingerprint density at radius 2 is 2.06 bits per heavy atom. The Hall–Kier alpha value is -1.13. The maximum absolute atomic E-state index is 11.2. The van der Waals surface area contributed by atoms with Crippen molar-refractivity contribution >= 4 is 34.7 Å². The summed E-state index contributed by atoms with van der Waals surface area (Å²) < 4.78 is 0. The van der Waals surface area contributed by atoms with Crippen LogP contribution in [-0.2, 0) is 11.2 Å². The van der Waals surface area contributed by atoms with E-state index in [1.165, 1.54) is 6.07 Å². The molecule has 0 spiro atoms. The van der Waals surface area contributed by atoms with Crippen LogP contribution >= 0.6 is 23.2 Å². The van der Waals surface area contributed by atoms with Gasteiger partial charge >= 0.3 is 0 Å². The molecular formula is C11H11Cl2NO3. The van der Waals surface area contributed by atoms with Gasteiger partial charge < -0.3 is 0 Å². The highest BCUT2D eigenvalue weighted by atomic mass is 35.5. The molecule has 6 heteroatoms. The molecule has 0 N–H and O–H groups in total. The van der Waals surface area contributed by atoms with E-state index in [2.05, 4.69) is 0 Å². The first-order chi connectivity index (χ1) is 7.95. The molecule has 0 radical (unpaired) electrons. The van der Waals surface area contributed by atoms with Gasteiger partial charge in [0, 0.05) is 18.9 Å². The Labute approximate surface area is 109 Å². The quantitative estimate of drug-likeness (QED) is 0.606. The van der Waals surface area contributed by atoms with Crippen LogP contribution in [-0.4, -0.2) is 10.7 Å². The van der Waals surface area contributed by atoms with E-state index in [0.717, 1.165) is 0 Å². The van der Waals surface area contributed by atoms with Gasteiger partial charge in [-0.15, -0.1) is 0 Å². The fourth-order valence-electron chi connectivity index (χ4n) is 1.37. The number of aryl methyl sites for hydroxylation is 1. The molecule has 0 aliphatic heterocycles. The van der Waals surface area contributed by atoms with Crippen molar-refractivity contribution < 1.29 is 9.72 Å². The summed E-state index contributed by atoms with van der Waals surface area (Å²) in [7, 11) is 0. The molecule has 0 aliphatic rings. The second kappa shape index (κ2) is 5.98. The van der Waals surface area contributed by atoms with Gasteiger partial charge in [0.15, 0.2) is 0 Å². The average molecular weight is 276 g/mol. The van der Waals surface area contributed by atoms with Crippen LogP contribution in [0.1, 0.15) is 25.3 Å². The van der Waals surface area contributed by atoms with Crippen molar-refractivity contribution in [3.8, 4) is 0 Å². The van der Waals surface area contributed by atoms with Crippen molar-refractivity contribution in [2.75, 3.05) is 0 Å². The van der Waals surface area contributed by atoms with Crippen LogP contribution in [0.5, 0.6) is 0 Å². The molecule has 0 unspecified atom stereocenters. The number of rotatable bonds is 5. The minimum atomic E-state index is -0.584. The van der Waals surface area contributed by atoms with Gasteiger partial charge in [-0.1, -0.05) is 30.1 Å². The van der Waals surface area contributed by atoms with Gasteiger partial charge in [-0.25, -0.2) is 0 Å². The summed E-state index contributed by atoms with van der Waals surface area (Å²) in [4.78, 5) is 21.3. The molecule has 4 nitrogen and oxygen atoms in total. The number of carbonyl (C=O) groups is 1. The molecule has 0 atom stereocenters. The van der Waals surface area contributed by atoms with Crippen molar-refractivity contribution in [3.05, 3.63) is 37.9 Å². The van der Waals surface area contributed by atoms with E-state index >= 15 is 0 Å². The van der Waals surface area contributed by atoms with E-state index in [0.29, 0.717) is 24.8 Å². The van der Waals surface area contributed by atoms with Gasteiger partial charge in [0.25, 0.3) is 5.69 Å². The molecule has 0 saturated heterocycles. The second-order valence-electron chi connectivity index (χ2n) is 3.56. The Kier molecular flexibility index (Phi) is 4.90. The highest BCUT2D eigenvalue weighted by Gasteiger charge is 2.17. The molecule has 0 amide bonds. The number of nitro benzene ring substituents is 1. The van der Waals surface area contributed by atoms with Gasteiger partial charge in [-0.05, 0) is 18.1 Å². The van der Waals surface area contributed by atoms with E-state index in [-0.39, 0.29) is 21.5 Å². The fraction of sp³-hybridized carbons (Fsp3) is 0.364. The van der Waals surface area contributed by atoms with Crippen LogP contribution < -0.4 is 0 Å². The van der Waals surface area contributed by atoms with Gasteiger partial charge in [0.2, 0.25) is 0 Å². The highest BCUT2D eigenvalue weighted by molar-refractivity contribution is 6.43. The van der Waals surface area contributed by atoms with E-state index in [4.69, 9.17) is 23.2 Å². The molecule has 17 heavy (non-hydrogen) atoms. The summed E-state index contributed by atoms with van der Waals surface area (Å²) in [6.07, 6.45) is 1.25. The molecule has 0 aliphatic carbocycles. The zero-order valence-corrected chi connectivity index (χ0v) is 10.7. The van der Waals surface area contributed by atoms with Crippen molar-refractivity contribution in [1.29, 1.82) is 0 Å². The lowest BCUT2D eigenvalue weighted by atomic mass is 10.1. The second-order valence-corrected chi connectivity index (χ2v) is 4.35. The summed E-state index contributed by atoms with van der Waals surface area (Å²) in [5, 5.41) is 10.8. The number of hydrogen-bond acceptors (Lipinski definition) is 3. The van der Waals surface area contributed by atoms with Crippen molar-refractivity contribution in [2.45, 2.75) is 26.2 Å². The fourth-order valence-corrected chi connectivity index (χ4v) is 1.78. The Morgan fingerprint density at radius 1 is 1.41 bits per heavy atom. The number of benzene rings is 1. The minimum Gasteiger partial charge on any atom is -0.300 e. The first-order valence-electron chi connectivity index (χ1n) is 5.09. The molecule has 0 fully saturated rings. The van der Waals surface area contributed by atoms with E-state index in [1.54, 1.807) is 13.0 Å². The maximum Gasteiger partial charge on any atom is 0.289 e. The largest absolute Gasteiger partial charge is 0.300 e. The van der Waals surface area contributed by atoms with E-state index in [1.807, 2.05) is 0 Å². The standard InChI is InChI=1S/C11H11Cl2NO3/c1-2-8(15)4-3-7-5-9(12)11(13)10(6-7)14(16)17/h5-6H,2-4H2,1H3. The van der Waals surface area contributed by atoms with Crippen LogP contribution in [0, 0.1) is 10.1 Å². The number of nitro groups is 1. The summed E-state index contributed by atoms with van der Waals surface area (Å²) in [6.45, 7) is 1.78. The van der Waals surface area contributed by atoms with E-state index < -0.39 is 4.92 Å². The molecule has 0 aromatic heterocycles. The van der Waals surface area contributed by atoms with Crippen LogP contribution in [0.4, 0.5) is 5.69 Å². The van der Waals surface area contributed by atoms with Crippen LogP contribution in [0.25, 0.3) is 0 Å². The normalized spacial score (nSPS) is 10.3. The van der Waals surface area contributed by atoms with Crippen molar-refractivity contribution in [2.24, 2.45) is 0 Å². The lowest BCUT2D eigenvalue weighted by Crippen LogP contribution is -1.99. The third kappa shape index (κ3) is 3.68. The number of ketones is 1. The number of halogens is 2. The number of nitrogens with zero attached hydrogens (tertiary/aromatic N) is 1. The molecule has 1 rings (SSSR count). The molecule has 0 saturated carbocycles. The third-order valence-electron chi connectivity index (χ3n) is 2.35. The molecule has 0 heterocycles. The third-order valence-corrected chi connectivity index (χ3v) is 3.14. The smallest absolute Gasteiger partial charge is 0.289 e. The van der Waals surface area contributed by atoms with Gasteiger partial charge in [0.1, 0.15) is 10.8 Å². The van der Waals surface area contributed by atoms with Crippen LogP contribution in [0.3, 0.4) is 0 Å². The first-order valence-corrected chi connectivity index (χ1v) is 5.85. The Morgan fingerprint density at radius 3 is 2.59 bits per heavy atom. The summed E-state index contributed by atoms with van der Waals surface area (Å²) >= 11 is 11.5. The SMILES string of the molecule is CCC(=O)CCc1cc(Cl)c(Cl)c([N+](=O)[O-])c1. The topological polar surface area (TPSA) is 60.2 Å². The molecule has 0 bridgehead atoms. The van der Waals surface area contributed by atoms with E-state index in [9.17, 15) is 14.9 Å². The number of Topliss-reactive ketones (excluding diaryl/α,β-unsaturated/α-hetero) is 1. The monoisotopic (exact) mass is 275 g/mol. The predicted molar refractivity (Wildman–Crippen MR) is 66.7 cm³/mol. The van der Waals surface area contributed by atoms with Gasteiger partial charge in [-0.3, -0.25) is 14.9 Å². The highest BCUT2D eigenvalue weighted by Crippen LogP contribution is 2.33. The molecular weight excluding hydrogens is 265 g/mol. The number of carbonyl (C=O) groups excluding carboxylic acids is 1. The minimum absolute atomic E-state index is 0.0674. The zero-order valence-electron chi connectivity index (χ0n) is 9.20. The van der Waals surface area contributed by atoms with Gasteiger partial charge in [-0.2, -0.15) is 0 Å². The predicted octanol–water partition coefficient (Wildman–Crippen LogP) is 3.81. The van der Waals surface area contributed by atoms with Crippen LogP contribution in [0.15, 0.2) is 12.1 Å². The lowest BCUT2D eigenvalue weighted by Gasteiger charge is -2.03. The molecule has 1 aromatic rings. The maximum atomic E-state index is 11.2. The average Bonchev–Trinajstić information content (AvgIpc) is 2.29. The Balaban J connectivity index is 2.95. The molecule has 92 valence electrons. The first kappa shape index (κ1) is 13.9. The summed E-state index contributed by atoms with van der Waals surface area (Å²) in [5.74, 6) is 0.110. The van der Waals surface area contributed by atoms with Gasteiger partial charge in [0.05, 0.1) is 9.95 Å². The zero-order chi connectivity index (χ0) is 13.0. The lowest BCUT2D eigenvalue weighted by molar-refractivity contribution is -0.384. The number of hydrogen-bond donors (Lipinski definition) is 0. The summed E-state index contributed by atoms with van der Waals surface area (Å²) in [5.41, 5.74) is 0.422. The molecule has 1 aromatic carbocycles. The van der Waals surface area contributed by atoms with Crippen molar-refractivity contribution in [1.82, 2.24) is 0 Å². The Bertz CT molecular complexity index is 460. The van der Waals surface area contributed by atoms with Crippen molar-refractivity contribution in [3.63, 3.8) is 0 Å². The van der Waals surface area contributed by atoms with Crippen LogP contribution in [0.2, 0.25) is 10.0 Å². The summed E-state index contributed by atoms with van der Waals surface area (Å²) in [6, 6.07) is 2.91.